The van der Waals surface area contributed by atoms with Gasteiger partial charge in [0.05, 0.1) is 13.5 Å². The summed E-state index contributed by atoms with van der Waals surface area (Å²) in [6, 6.07) is 1.04. The Labute approximate surface area is 102 Å². The molecule has 0 aliphatic carbocycles. The van der Waals surface area contributed by atoms with Crippen molar-refractivity contribution >= 4 is 11.9 Å². The SMILES string of the molecule is COC(=O)c1cc(C(N)CC(=O)O)c(O)cc1O. The average Bonchev–Trinajstić information content (AvgIpc) is 2.27. The molecule has 0 saturated heterocycles. The summed E-state index contributed by atoms with van der Waals surface area (Å²) in [6.45, 7) is 0. The number of hydrogen-bond acceptors (Lipinski definition) is 6. The topological polar surface area (TPSA) is 130 Å². The molecule has 1 atom stereocenters. The Balaban J connectivity index is 3.20. The molecule has 0 saturated carbocycles. The predicted octanol–water partition coefficient (Wildman–Crippen LogP) is 0.359. The lowest BCUT2D eigenvalue weighted by molar-refractivity contribution is -0.137. The molecule has 5 N–H and O–H groups in total. The summed E-state index contributed by atoms with van der Waals surface area (Å²) in [5.74, 6) is -2.80. The smallest absolute Gasteiger partial charge is 0.341 e. The molecule has 0 aromatic heterocycles. The summed E-state index contributed by atoms with van der Waals surface area (Å²) >= 11 is 0. The summed E-state index contributed by atoms with van der Waals surface area (Å²) in [5.41, 5.74) is 5.45. The lowest BCUT2D eigenvalue weighted by atomic mass is 10.00. The van der Waals surface area contributed by atoms with Gasteiger partial charge in [0.25, 0.3) is 0 Å². The van der Waals surface area contributed by atoms with E-state index >= 15 is 0 Å². The second-order valence-electron chi connectivity index (χ2n) is 3.62. The molecule has 0 aliphatic rings. The molecule has 1 unspecified atom stereocenters. The number of aromatic hydroxyl groups is 2. The molecule has 7 nitrogen and oxygen atoms in total. The largest absolute Gasteiger partial charge is 0.507 e. The first-order valence-electron chi connectivity index (χ1n) is 4.98. The van der Waals surface area contributed by atoms with Crippen LogP contribution in [0.25, 0.3) is 0 Å². The Morgan fingerprint density at radius 1 is 1.33 bits per heavy atom. The molecule has 18 heavy (non-hydrogen) atoms. The fourth-order valence-electron chi connectivity index (χ4n) is 1.46. The molecule has 0 aliphatic heterocycles. The Morgan fingerprint density at radius 2 is 1.94 bits per heavy atom. The van der Waals surface area contributed by atoms with E-state index in [2.05, 4.69) is 4.74 Å². The van der Waals surface area contributed by atoms with E-state index in [0.717, 1.165) is 19.2 Å². The molecule has 1 rings (SSSR count). The van der Waals surface area contributed by atoms with Crippen molar-refractivity contribution in [2.75, 3.05) is 7.11 Å². The number of aliphatic carboxylic acids is 1. The number of carbonyl (C=O) groups excluding carboxylic acids is 1. The first kappa shape index (κ1) is 13.8. The van der Waals surface area contributed by atoms with Crippen LogP contribution in [0, 0.1) is 0 Å². The number of hydrogen-bond donors (Lipinski definition) is 4. The van der Waals surface area contributed by atoms with Gasteiger partial charge in [-0.05, 0) is 6.07 Å². The monoisotopic (exact) mass is 255 g/mol. The third kappa shape index (κ3) is 2.89. The maximum Gasteiger partial charge on any atom is 0.341 e. The van der Waals surface area contributed by atoms with Crippen LogP contribution >= 0.6 is 0 Å². The third-order valence-electron chi connectivity index (χ3n) is 2.34. The van der Waals surface area contributed by atoms with Gasteiger partial charge < -0.3 is 25.8 Å². The fraction of sp³-hybridized carbons (Fsp3) is 0.273. The highest BCUT2D eigenvalue weighted by molar-refractivity contribution is 5.93. The molecule has 0 spiro atoms. The van der Waals surface area contributed by atoms with Crippen LogP contribution in [0.3, 0.4) is 0 Å². The number of esters is 1. The number of carbonyl (C=O) groups is 2. The first-order chi connectivity index (χ1) is 8.36. The zero-order chi connectivity index (χ0) is 13.9. The molecule has 1 aromatic carbocycles. The van der Waals surface area contributed by atoms with Crippen LogP contribution in [0.4, 0.5) is 0 Å². The predicted molar refractivity (Wildman–Crippen MR) is 60.3 cm³/mol. The summed E-state index contributed by atoms with van der Waals surface area (Å²) in [7, 11) is 1.13. The standard InChI is InChI=1S/C11H13NO6/c1-18-11(17)6-2-5(7(12)3-10(15)16)8(13)4-9(6)14/h2,4,7,13-14H,3,12H2,1H3,(H,15,16). The second-order valence-corrected chi connectivity index (χ2v) is 3.62. The Kier molecular flexibility index (Phi) is 4.11. The van der Waals surface area contributed by atoms with Crippen LogP contribution in [0.2, 0.25) is 0 Å². The van der Waals surface area contributed by atoms with Gasteiger partial charge in [-0.25, -0.2) is 4.79 Å². The minimum Gasteiger partial charge on any atom is -0.507 e. The van der Waals surface area contributed by atoms with Crippen molar-refractivity contribution in [2.45, 2.75) is 12.5 Å². The molecule has 1 aromatic rings. The summed E-state index contributed by atoms with van der Waals surface area (Å²) < 4.78 is 4.44. The number of phenols is 2. The van der Waals surface area contributed by atoms with Crippen LogP contribution in [0.1, 0.15) is 28.4 Å². The van der Waals surface area contributed by atoms with Crippen molar-refractivity contribution in [1.82, 2.24) is 0 Å². The van der Waals surface area contributed by atoms with Crippen LogP contribution in [-0.4, -0.2) is 34.4 Å². The van der Waals surface area contributed by atoms with Gasteiger partial charge in [-0.3, -0.25) is 4.79 Å². The van der Waals surface area contributed by atoms with Crippen molar-refractivity contribution in [3.63, 3.8) is 0 Å². The third-order valence-corrected chi connectivity index (χ3v) is 2.34. The van der Waals surface area contributed by atoms with E-state index in [9.17, 15) is 19.8 Å². The van der Waals surface area contributed by atoms with E-state index in [1.54, 1.807) is 0 Å². The molecule has 0 heterocycles. The van der Waals surface area contributed by atoms with E-state index in [-0.39, 0.29) is 16.9 Å². The van der Waals surface area contributed by atoms with Gasteiger partial charge in [0.1, 0.15) is 17.1 Å². The van der Waals surface area contributed by atoms with E-state index in [0.29, 0.717) is 0 Å². The van der Waals surface area contributed by atoms with E-state index in [4.69, 9.17) is 10.8 Å². The van der Waals surface area contributed by atoms with Gasteiger partial charge >= 0.3 is 11.9 Å². The summed E-state index contributed by atoms with van der Waals surface area (Å²) in [4.78, 5) is 21.9. The van der Waals surface area contributed by atoms with Crippen molar-refractivity contribution in [3.8, 4) is 11.5 Å². The molecule has 0 bridgehead atoms. The maximum atomic E-state index is 11.3. The lowest BCUT2D eigenvalue weighted by Gasteiger charge is -2.13. The molecule has 0 amide bonds. The number of carboxylic acid groups (broad SMARTS) is 1. The van der Waals surface area contributed by atoms with Crippen LogP contribution in [0.15, 0.2) is 12.1 Å². The maximum absolute atomic E-state index is 11.3. The normalized spacial score (nSPS) is 11.9. The summed E-state index contributed by atoms with van der Waals surface area (Å²) in [6.07, 6.45) is -0.418. The van der Waals surface area contributed by atoms with Gasteiger partial charge in [-0.1, -0.05) is 0 Å². The Bertz CT molecular complexity index is 485. The highest BCUT2D eigenvalue weighted by atomic mass is 16.5. The van der Waals surface area contributed by atoms with Crippen LogP contribution < -0.4 is 5.73 Å². The highest BCUT2D eigenvalue weighted by Gasteiger charge is 2.20. The zero-order valence-electron chi connectivity index (χ0n) is 9.58. The molecular formula is C11H13NO6. The van der Waals surface area contributed by atoms with Crippen LogP contribution in [0.5, 0.6) is 11.5 Å². The van der Waals surface area contributed by atoms with Gasteiger partial charge in [0.2, 0.25) is 0 Å². The van der Waals surface area contributed by atoms with Crippen molar-refractivity contribution in [2.24, 2.45) is 5.73 Å². The second kappa shape index (κ2) is 5.37. The summed E-state index contributed by atoms with van der Waals surface area (Å²) in [5, 5.41) is 27.6. The minimum atomic E-state index is -1.14. The lowest BCUT2D eigenvalue weighted by Crippen LogP contribution is -2.16. The molecule has 7 heteroatoms. The molecule has 0 fully saturated rings. The molecular weight excluding hydrogens is 242 g/mol. The highest BCUT2D eigenvalue weighted by Crippen LogP contribution is 2.32. The van der Waals surface area contributed by atoms with E-state index < -0.39 is 30.2 Å². The minimum absolute atomic E-state index is 0.0515. The first-order valence-corrected chi connectivity index (χ1v) is 4.98. The number of benzene rings is 1. The Hall–Kier alpha value is -2.28. The van der Waals surface area contributed by atoms with Gasteiger partial charge in [0, 0.05) is 17.7 Å². The number of rotatable bonds is 4. The number of ether oxygens (including phenoxy) is 1. The zero-order valence-corrected chi connectivity index (χ0v) is 9.58. The van der Waals surface area contributed by atoms with E-state index in [1.807, 2.05) is 0 Å². The number of carboxylic acids is 1. The quantitative estimate of drug-likeness (QED) is 0.571. The van der Waals surface area contributed by atoms with Gasteiger partial charge in [0.15, 0.2) is 0 Å². The fourth-order valence-corrected chi connectivity index (χ4v) is 1.46. The number of methoxy groups -OCH3 is 1. The van der Waals surface area contributed by atoms with Crippen molar-refractivity contribution in [3.05, 3.63) is 23.3 Å². The average molecular weight is 255 g/mol. The van der Waals surface area contributed by atoms with Gasteiger partial charge in [-0.15, -0.1) is 0 Å². The van der Waals surface area contributed by atoms with Crippen molar-refractivity contribution in [1.29, 1.82) is 0 Å². The number of nitrogens with two attached hydrogens (primary N) is 1. The Morgan fingerprint density at radius 3 is 2.44 bits per heavy atom. The van der Waals surface area contributed by atoms with E-state index in [1.165, 1.54) is 0 Å². The van der Waals surface area contributed by atoms with Crippen molar-refractivity contribution < 1.29 is 29.6 Å². The van der Waals surface area contributed by atoms with Gasteiger partial charge in [-0.2, -0.15) is 0 Å². The number of phenolic OH excluding ortho intramolecular Hbond substituents is 2. The molecule has 0 radical (unpaired) electrons. The van der Waals surface area contributed by atoms with Crippen LogP contribution in [-0.2, 0) is 9.53 Å². The molecule has 98 valence electrons.